The highest BCUT2D eigenvalue weighted by Gasteiger charge is 2.17. The third kappa shape index (κ3) is 3.19. The van der Waals surface area contributed by atoms with Gasteiger partial charge < -0.3 is 0 Å². The highest BCUT2D eigenvalue weighted by molar-refractivity contribution is 6.30. The Morgan fingerprint density at radius 3 is 2.11 bits per heavy atom. The molecule has 19 heavy (non-hydrogen) atoms. The molecule has 0 aliphatic carbocycles. The lowest BCUT2D eigenvalue weighted by atomic mass is 9.82. The summed E-state index contributed by atoms with van der Waals surface area (Å²) in [6.07, 6.45) is 1.14. The van der Waals surface area contributed by atoms with Crippen LogP contribution >= 0.6 is 11.6 Å². The third-order valence-electron chi connectivity index (χ3n) is 3.93. The highest BCUT2D eigenvalue weighted by atomic mass is 35.5. The van der Waals surface area contributed by atoms with Crippen LogP contribution in [0.5, 0.6) is 0 Å². The maximum atomic E-state index is 6.13. The second-order valence-corrected chi connectivity index (χ2v) is 6.27. The molecule has 0 radical (unpaired) electrons. The lowest BCUT2D eigenvalue weighted by molar-refractivity contribution is 0.506. The first-order valence-electron chi connectivity index (χ1n) is 6.80. The molecule has 2 aromatic rings. The number of hydrogen-bond donors (Lipinski definition) is 0. The van der Waals surface area contributed by atoms with Crippen molar-refractivity contribution in [2.24, 2.45) is 0 Å². The molecule has 0 spiro atoms. The van der Waals surface area contributed by atoms with Crippen LogP contribution in [0.25, 0.3) is 11.1 Å². The van der Waals surface area contributed by atoms with E-state index in [0.29, 0.717) is 0 Å². The Balaban J connectivity index is 2.37. The average Bonchev–Trinajstić information content (AvgIpc) is 2.38. The fraction of sp³-hybridized carbons (Fsp3) is 0.333. The van der Waals surface area contributed by atoms with Crippen LogP contribution in [0.3, 0.4) is 0 Å². The van der Waals surface area contributed by atoms with E-state index in [1.807, 2.05) is 12.1 Å². The van der Waals surface area contributed by atoms with E-state index in [1.54, 1.807) is 0 Å². The molecule has 0 bridgehead atoms. The van der Waals surface area contributed by atoms with E-state index in [2.05, 4.69) is 58.0 Å². The standard InChI is InChI=1S/C18H21Cl/c1-5-18(3,4)16-8-6-14(7-9-16)15-10-13(2)11-17(19)12-15/h6-12H,5H2,1-4H3. The molecule has 0 atom stereocenters. The minimum Gasteiger partial charge on any atom is -0.0843 e. The van der Waals surface area contributed by atoms with Gasteiger partial charge in [0, 0.05) is 5.02 Å². The van der Waals surface area contributed by atoms with Crippen molar-refractivity contribution < 1.29 is 0 Å². The monoisotopic (exact) mass is 272 g/mol. The van der Waals surface area contributed by atoms with E-state index in [4.69, 9.17) is 11.6 Å². The van der Waals surface area contributed by atoms with Gasteiger partial charge in [-0.25, -0.2) is 0 Å². The summed E-state index contributed by atoms with van der Waals surface area (Å²) in [7, 11) is 0. The number of halogens is 1. The lowest BCUT2D eigenvalue weighted by Gasteiger charge is -2.23. The molecule has 2 aromatic carbocycles. The normalized spacial score (nSPS) is 11.6. The van der Waals surface area contributed by atoms with Crippen molar-refractivity contribution in [3.05, 3.63) is 58.6 Å². The van der Waals surface area contributed by atoms with Crippen LogP contribution in [0.2, 0.25) is 5.02 Å². The Morgan fingerprint density at radius 2 is 1.58 bits per heavy atom. The van der Waals surface area contributed by atoms with Gasteiger partial charge in [0.2, 0.25) is 0 Å². The second-order valence-electron chi connectivity index (χ2n) is 5.83. The molecule has 0 aliphatic rings. The Bertz CT molecular complexity index is 544. The third-order valence-corrected chi connectivity index (χ3v) is 4.14. The smallest absolute Gasteiger partial charge is 0.0414 e. The van der Waals surface area contributed by atoms with Crippen molar-refractivity contribution in [3.63, 3.8) is 0 Å². The molecule has 100 valence electrons. The molecule has 0 N–H and O–H groups in total. The largest absolute Gasteiger partial charge is 0.0843 e. The molecule has 0 aliphatic heterocycles. The first kappa shape index (κ1) is 14.1. The lowest BCUT2D eigenvalue weighted by Crippen LogP contribution is -2.14. The zero-order valence-corrected chi connectivity index (χ0v) is 12.9. The Morgan fingerprint density at radius 1 is 0.947 bits per heavy atom. The maximum Gasteiger partial charge on any atom is 0.0414 e. The van der Waals surface area contributed by atoms with Gasteiger partial charge in [-0.3, -0.25) is 0 Å². The van der Waals surface area contributed by atoms with Crippen molar-refractivity contribution in [1.29, 1.82) is 0 Å². The minimum absolute atomic E-state index is 0.239. The summed E-state index contributed by atoms with van der Waals surface area (Å²) in [5.74, 6) is 0. The predicted octanol–water partition coefficient (Wildman–Crippen LogP) is 6.00. The molecule has 1 heteroatoms. The SMILES string of the molecule is CCC(C)(C)c1ccc(-c2cc(C)cc(Cl)c2)cc1. The molecule has 0 fully saturated rings. The Labute approximate surface area is 121 Å². The maximum absolute atomic E-state index is 6.13. The molecule has 0 nitrogen and oxygen atoms in total. The fourth-order valence-electron chi connectivity index (χ4n) is 2.22. The van der Waals surface area contributed by atoms with E-state index < -0.39 is 0 Å². The van der Waals surface area contributed by atoms with Crippen LogP contribution in [0.15, 0.2) is 42.5 Å². The number of aryl methyl sites for hydroxylation is 1. The first-order valence-corrected chi connectivity index (χ1v) is 7.18. The van der Waals surface area contributed by atoms with Gasteiger partial charge in [-0.15, -0.1) is 0 Å². The van der Waals surface area contributed by atoms with E-state index >= 15 is 0 Å². The van der Waals surface area contributed by atoms with Crippen LogP contribution in [0.4, 0.5) is 0 Å². The highest BCUT2D eigenvalue weighted by Crippen LogP contribution is 2.30. The summed E-state index contributed by atoms with van der Waals surface area (Å²) < 4.78 is 0. The van der Waals surface area contributed by atoms with Gasteiger partial charge in [0.1, 0.15) is 0 Å². The first-order chi connectivity index (χ1) is 8.92. The van der Waals surface area contributed by atoms with Gasteiger partial charge in [-0.2, -0.15) is 0 Å². The van der Waals surface area contributed by atoms with Gasteiger partial charge in [-0.05, 0) is 53.1 Å². The van der Waals surface area contributed by atoms with Crippen LogP contribution in [-0.2, 0) is 5.41 Å². The number of rotatable bonds is 3. The topological polar surface area (TPSA) is 0 Å². The summed E-state index contributed by atoms with van der Waals surface area (Å²) in [6.45, 7) is 8.87. The number of benzene rings is 2. The van der Waals surface area contributed by atoms with Crippen molar-refractivity contribution in [2.75, 3.05) is 0 Å². The fourth-order valence-corrected chi connectivity index (χ4v) is 2.51. The van der Waals surface area contributed by atoms with E-state index in [9.17, 15) is 0 Å². The van der Waals surface area contributed by atoms with Crippen molar-refractivity contribution in [2.45, 2.75) is 39.5 Å². The molecule has 0 heterocycles. The van der Waals surface area contributed by atoms with Crippen LogP contribution in [0, 0.1) is 6.92 Å². The van der Waals surface area contributed by atoms with Gasteiger partial charge in [0.05, 0.1) is 0 Å². The second kappa shape index (κ2) is 5.38. The van der Waals surface area contributed by atoms with E-state index in [-0.39, 0.29) is 5.41 Å². The van der Waals surface area contributed by atoms with E-state index in [1.165, 1.54) is 22.3 Å². The van der Waals surface area contributed by atoms with Crippen LogP contribution in [0.1, 0.15) is 38.3 Å². The molecule has 0 aromatic heterocycles. The minimum atomic E-state index is 0.239. The molecule has 0 unspecified atom stereocenters. The van der Waals surface area contributed by atoms with Gasteiger partial charge in [0.15, 0.2) is 0 Å². The predicted molar refractivity (Wildman–Crippen MR) is 84.9 cm³/mol. The van der Waals surface area contributed by atoms with Crippen molar-refractivity contribution >= 4 is 11.6 Å². The van der Waals surface area contributed by atoms with Gasteiger partial charge >= 0.3 is 0 Å². The molecule has 0 saturated heterocycles. The summed E-state index contributed by atoms with van der Waals surface area (Å²) in [4.78, 5) is 0. The van der Waals surface area contributed by atoms with Crippen molar-refractivity contribution in [3.8, 4) is 11.1 Å². The van der Waals surface area contributed by atoms with Gasteiger partial charge in [-0.1, -0.05) is 62.7 Å². The molecule has 2 rings (SSSR count). The van der Waals surface area contributed by atoms with Crippen LogP contribution in [-0.4, -0.2) is 0 Å². The zero-order chi connectivity index (χ0) is 14.0. The molecular formula is C18H21Cl. The summed E-state index contributed by atoms with van der Waals surface area (Å²) in [6, 6.07) is 15.0. The molecule has 0 saturated carbocycles. The van der Waals surface area contributed by atoms with Crippen molar-refractivity contribution in [1.82, 2.24) is 0 Å². The number of hydrogen-bond acceptors (Lipinski definition) is 0. The Kier molecular flexibility index (Phi) is 4.01. The summed E-state index contributed by atoms with van der Waals surface area (Å²) >= 11 is 6.13. The quantitative estimate of drug-likeness (QED) is 0.642. The Hall–Kier alpha value is -1.27. The van der Waals surface area contributed by atoms with Gasteiger partial charge in [0.25, 0.3) is 0 Å². The molecular weight excluding hydrogens is 252 g/mol. The molecule has 0 amide bonds. The zero-order valence-electron chi connectivity index (χ0n) is 12.1. The summed E-state index contributed by atoms with van der Waals surface area (Å²) in [5, 5.41) is 0.799. The summed E-state index contributed by atoms with van der Waals surface area (Å²) in [5.41, 5.74) is 5.23. The average molecular weight is 273 g/mol. The van der Waals surface area contributed by atoms with E-state index in [0.717, 1.165) is 11.4 Å². The van der Waals surface area contributed by atoms with Crippen LogP contribution < -0.4 is 0 Å².